The molecule has 0 bridgehead atoms. The fourth-order valence-corrected chi connectivity index (χ4v) is 3.56. The molecule has 21 heavy (non-hydrogen) atoms. The van der Waals surface area contributed by atoms with Gasteiger partial charge in [0.2, 0.25) is 0 Å². The summed E-state index contributed by atoms with van der Waals surface area (Å²) in [5.74, 6) is -0.815. The Labute approximate surface area is 132 Å². The topological polar surface area (TPSA) is 49.4 Å². The number of thiophene rings is 1. The van der Waals surface area contributed by atoms with Crippen LogP contribution in [0.5, 0.6) is 0 Å². The summed E-state index contributed by atoms with van der Waals surface area (Å²) in [4.78, 5) is 26.8. The molecule has 4 rings (SSSR count). The molecule has 0 spiro atoms. The van der Waals surface area contributed by atoms with Gasteiger partial charge in [-0.05, 0) is 42.0 Å². The minimum Gasteiger partial charge on any atom is -0.307 e. The van der Waals surface area contributed by atoms with Gasteiger partial charge in [-0.2, -0.15) is 0 Å². The Kier molecular flexibility index (Phi) is 2.08. The minimum absolute atomic E-state index is 0.0462. The average molecular weight is 302 g/mol. The summed E-state index contributed by atoms with van der Waals surface area (Å²) in [6.45, 7) is -2.36. The Morgan fingerprint density at radius 3 is 2.67 bits per heavy atom. The molecule has 0 saturated carbocycles. The van der Waals surface area contributed by atoms with Crippen LogP contribution in [0, 0.1) is 0 Å². The van der Waals surface area contributed by atoms with Crippen LogP contribution in [0.4, 0.5) is 0 Å². The molecule has 1 N–H and O–H groups in total. The van der Waals surface area contributed by atoms with E-state index in [9.17, 15) is 9.59 Å². The maximum Gasteiger partial charge on any atom is 0.261 e. The van der Waals surface area contributed by atoms with E-state index in [1.165, 1.54) is 11.3 Å². The molecule has 2 aliphatic rings. The summed E-state index contributed by atoms with van der Waals surface area (Å²) in [7, 11) is 0. The fraction of sp³-hybridized carbons (Fsp3) is 0.250. The maximum absolute atomic E-state index is 12.5. The average Bonchev–Trinajstić information content (AvgIpc) is 3.14. The SMILES string of the molecule is [2H]C1([2H])NC(CN2C(=O)c3ccccc3C2=O)c2sccc2C1([2H])[2H]. The lowest BCUT2D eigenvalue weighted by Gasteiger charge is -2.27. The standard InChI is InChI=1S/C16H14N2O2S/c19-15-11-3-1-2-4-12(11)16(20)18(15)9-13-14-10(5-7-17-13)6-8-21-14/h1-4,6,8,13,17H,5,7,9H2/i5D2,7D2. The van der Waals surface area contributed by atoms with Gasteiger partial charge in [0.05, 0.1) is 17.2 Å². The molecule has 1 aromatic heterocycles. The number of benzene rings is 1. The predicted molar refractivity (Wildman–Crippen MR) is 80.6 cm³/mol. The van der Waals surface area contributed by atoms with E-state index in [-0.39, 0.29) is 12.1 Å². The van der Waals surface area contributed by atoms with Crippen molar-refractivity contribution in [1.29, 1.82) is 0 Å². The van der Waals surface area contributed by atoms with E-state index >= 15 is 0 Å². The second-order valence-corrected chi connectivity index (χ2v) is 5.86. The maximum atomic E-state index is 12.5. The van der Waals surface area contributed by atoms with Crippen molar-refractivity contribution in [2.24, 2.45) is 0 Å². The summed E-state index contributed by atoms with van der Waals surface area (Å²) < 4.78 is 32.2. The van der Waals surface area contributed by atoms with Crippen LogP contribution in [0.25, 0.3) is 0 Å². The van der Waals surface area contributed by atoms with Gasteiger partial charge >= 0.3 is 0 Å². The molecule has 5 heteroatoms. The summed E-state index contributed by atoms with van der Waals surface area (Å²) in [5.41, 5.74) is 0.948. The van der Waals surface area contributed by atoms with Crippen molar-refractivity contribution in [1.82, 2.24) is 10.2 Å². The molecule has 0 aliphatic carbocycles. The Morgan fingerprint density at radius 2 is 1.95 bits per heavy atom. The highest BCUT2D eigenvalue weighted by Gasteiger charge is 2.37. The Hall–Kier alpha value is -1.98. The Bertz CT molecular complexity index is 861. The summed E-state index contributed by atoms with van der Waals surface area (Å²) in [5, 5.41) is 4.34. The fourth-order valence-electron chi connectivity index (χ4n) is 2.67. The normalized spacial score (nSPS) is 28.2. The van der Waals surface area contributed by atoms with Crippen molar-refractivity contribution in [3.63, 3.8) is 0 Å². The van der Waals surface area contributed by atoms with E-state index in [0.717, 1.165) is 4.90 Å². The van der Waals surface area contributed by atoms with Crippen LogP contribution in [0.3, 0.4) is 0 Å². The molecule has 2 aromatic rings. The molecule has 106 valence electrons. The van der Waals surface area contributed by atoms with Gasteiger partial charge in [-0.25, -0.2) is 0 Å². The van der Waals surface area contributed by atoms with Gasteiger partial charge in [0.25, 0.3) is 11.8 Å². The highest BCUT2D eigenvalue weighted by Crippen LogP contribution is 2.31. The third kappa shape index (κ3) is 1.92. The highest BCUT2D eigenvalue weighted by molar-refractivity contribution is 7.10. The van der Waals surface area contributed by atoms with Crippen molar-refractivity contribution in [3.8, 4) is 0 Å². The zero-order valence-corrected chi connectivity index (χ0v) is 11.7. The molecule has 4 nitrogen and oxygen atoms in total. The number of imide groups is 1. The van der Waals surface area contributed by atoms with Gasteiger partial charge in [-0.3, -0.25) is 14.5 Å². The third-order valence-corrected chi connectivity index (χ3v) is 4.73. The number of fused-ring (bicyclic) bond motifs is 2. The summed E-state index contributed by atoms with van der Waals surface area (Å²) in [6, 6.07) is 7.48. The largest absolute Gasteiger partial charge is 0.307 e. The van der Waals surface area contributed by atoms with Crippen LogP contribution in [0.2, 0.25) is 0 Å². The van der Waals surface area contributed by atoms with E-state index in [1.807, 2.05) is 0 Å². The van der Waals surface area contributed by atoms with E-state index < -0.39 is 30.7 Å². The van der Waals surface area contributed by atoms with Gasteiger partial charge in [-0.15, -0.1) is 11.3 Å². The Morgan fingerprint density at radius 1 is 1.24 bits per heavy atom. The zero-order chi connectivity index (χ0) is 18.0. The number of aryl methyl sites for hydroxylation is 1. The first-order valence-electron chi connectivity index (χ1n) is 8.55. The molecule has 0 saturated heterocycles. The number of rotatable bonds is 2. The predicted octanol–water partition coefficient (Wildman–Crippen LogP) is 2.23. The number of carbonyl (C=O) groups excluding carboxylic acids is 2. The summed E-state index contributed by atoms with van der Waals surface area (Å²) in [6.07, 6.45) is -2.19. The second kappa shape index (κ2) is 4.79. The molecule has 2 amide bonds. The molecule has 3 heterocycles. The monoisotopic (exact) mass is 302 g/mol. The molecule has 1 atom stereocenters. The first-order chi connectivity index (χ1) is 11.7. The lowest BCUT2D eigenvalue weighted by Crippen LogP contribution is -2.40. The van der Waals surface area contributed by atoms with E-state index in [2.05, 4.69) is 5.32 Å². The number of carbonyl (C=O) groups is 2. The lowest BCUT2D eigenvalue weighted by molar-refractivity contribution is 0.0637. The van der Waals surface area contributed by atoms with E-state index in [1.54, 1.807) is 35.7 Å². The Balaban J connectivity index is 1.69. The van der Waals surface area contributed by atoms with Crippen LogP contribution >= 0.6 is 11.3 Å². The number of nitrogens with one attached hydrogen (secondary N) is 1. The van der Waals surface area contributed by atoms with Crippen LogP contribution in [0.15, 0.2) is 35.7 Å². The van der Waals surface area contributed by atoms with Crippen molar-refractivity contribution in [2.45, 2.75) is 12.4 Å². The first-order valence-corrected chi connectivity index (χ1v) is 7.43. The molecule has 2 aliphatic heterocycles. The van der Waals surface area contributed by atoms with Gasteiger partial charge in [-0.1, -0.05) is 12.1 Å². The van der Waals surface area contributed by atoms with Crippen molar-refractivity contribution < 1.29 is 15.1 Å². The van der Waals surface area contributed by atoms with Crippen molar-refractivity contribution in [3.05, 3.63) is 57.3 Å². The number of amides is 2. The molecule has 0 fully saturated rings. The first kappa shape index (κ1) is 9.12. The highest BCUT2D eigenvalue weighted by atomic mass is 32.1. The van der Waals surface area contributed by atoms with Crippen molar-refractivity contribution in [2.75, 3.05) is 13.0 Å². The van der Waals surface area contributed by atoms with E-state index in [0.29, 0.717) is 16.0 Å². The molecular weight excluding hydrogens is 284 g/mol. The van der Waals surface area contributed by atoms with Crippen LogP contribution in [0.1, 0.15) is 42.7 Å². The van der Waals surface area contributed by atoms with E-state index in [4.69, 9.17) is 5.48 Å². The lowest BCUT2D eigenvalue weighted by atomic mass is 10.0. The smallest absolute Gasteiger partial charge is 0.261 e. The van der Waals surface area contributed by atoms with Crippen LogP contribution in [-0.4, -0.2) is 29.8 Å². The third-order valence-electron chi connectivity index (χ3n) is 3.70. The number of hydrogen-bond acceptors (Lipinski definition) is 4. The second-order valence-electron chi connectivity index (χ2n) is 4.91. The van der Waals surface area contributed by atoms with Gasteiger partial charge < -0.3 is 5.32 Å². The number of hydrogen-bond donors (Lipinski definition) is 1. The molecule has 1 unspecified atom stereocenters. The molecular formula is C16H14N2O2S. The summed E-state index contributed by atoms with van der Waals surface area (Å²) >= 11 is 1.29. The van der Waals surface area contributed by atoms with Gasteiger partial charge in [0.1, 0.15) is 0 Å². The minimum atomic E-state index is -2.32. The zero-order valence-electron chi connectivity index (χ0n) is 14.9. The van der Waals surface area contributed by atoms with Crippen molar-refractivity contribution >= 4 is 23.2 Å². The number of nitrogens with zero attached hydrogens (tertiary/aromatic N) is 1. The quantitative estimate of drug-likeness (QED) is 0.866. The molecule has 1 aromatic carbocycles. The van der Waals surface area contributed by atoms with Crippen LogP contribution in [-0.2, 0) is 6.37 Å². The molecule has 0 radical (unpaired) electrons. The van der Waals surface area contributed by atoms with Gasteiger partial charge in [0.15, 0.2) is 0 Å². The van der Waals surface area contributed by atoms with Gasteiger partial charge in [0, 0.05) is 16.9 Å². The van der Waals surface area contributed by atoms with Crippen LogP contribution < -0.4 is 5.32 Å².